The third kappa shape index (κ3) is 3.32. The van der Waals surface area contributed by atoms with E-state index in [-0.39, 0.29) is 6.10 Å². The molecule has 1 aromatic heterocycles. The molecule has 0 bridgehead atoms. The molecule has 0 aromatic carbocycles. The minimum Gasteiger partial charge on any atom is -0.464 e. The minimum absolute atomic E-state index is 0.000417. The van der Waals surface area contributed by atoms with Gasteiger partial charge in [0.1, 0.15) is 6.10 Å². The van der Waals surface area contributed by atoms with Crippen molar-refractivity contribution < 1.29 is 9.53 Å². The van der Waals surface area contributed by atoms with Crippen LogP contribution in [0.3, 0.4) is 0 Å². The van der Waals surface area contributed by atoms with Crippen molar-refractivity contribution in [2.45, 2.75) is 45.1 Å². The maximum atomic E-state index is 10.6. The summed E-state index contributed by atoms with van der Waals surface area (Å²) in [7, 11) is 0. The summed E-state index contributed by atoms with van der Waals surface area (Å²) in [6.45, 7) is 2.87. The van der Waals surface area contributed by atoms with Crippen LogP contribution in [0.15, 0.2) is 12.5 Å². The van der Waals surface area contributed by atoms with Crippen molar-refractivity contribution in [1.29, 1.82) is 0 Å². The molecule has 4 nitrogen and oxygen atoms in total. The third-order valence-electron chi connectivity index (χ3n) is 3.79. The zero-order valence-electron chi connectivity index (χ0n) is 10.3. The molecule has 1 heterocycles. The van der Waals surface area contributed by atoms with Crippen molar-refractivity contribution >= 4 is 6.47 Å². The number of hydrogen-bond donors (Lipinski definition) is 1. The lowest BCUT2D eigenvalue weighted by molar-refractivity contribution is -0.136. The topological polar surface area (TPSA) is 55.0 Å². The quantitative estimate of drug-likeness (QED) is 0.798. The molecule has 0 spiro atoms. The fourth-order valence-corrected chi connectivity index (χ4v) is 2.67. The van der Waals surface area contributed by atoms with Crippen LogP contribution in [0.1, 0.15) is 38.3 Å². The minimum atomic E-state index is 0.000417. The van der Waals surface area contributed by atoms with Gasteiger partial charge in [-0.15, -0.1) is 0 Å². The summed E-state index contributed by atoms with van der Waals surface area (Å²) in [5, 5.41) is 0. The molecule has 2 rings (SSSR count). The Bertz CT molecular complexity index is 329. The van der Waals surface area contributed by atoms with Crippen molar-refractivity contribution in [2.24, 2.45) is 11.8 Å². The van der Waals surface area contributed by atoms with Gasteiger partial charge in [-0.1, -0.05) is 19.8 Å². The lowest BCUT2D eigenvalue weighted by atomic mass is 9.79. The molecule has 1 N–H and O–H groups in total. The molecule has 1 unspecified atom stereocenters. The zero-order chi connectivity index (χ0) is 12.1. The summed E-state index contributed by atoms with van der Waals surface area (Å²) >= 11 is 0. The Balaban J connectivity index is 1.94. The van der Waals surface area contributed by atoms with Crippen LogP contribution in [0.25, 0.3) is 0 Å². The van der Waals surface area contributed by atoms with E-state index >= 15 is 0 Å². The van der Waals surface area contributed by atoms with Gasteiger partial charge < -0.3 is 9.72 Å². The molecule has 1 fully saturated rings. The van der Waals surface area contributed by atoms with Crippen LogP contribution in [0.2, 0.25) is 0 Å². The van der Waals surface area contributed by atoms with E-state index in [1.165, 1.54) is 12.8 Å². The molecule has 1 aliphatic carbocycles. The number of hydrogen-bond acceptors (Lipinski definition) is 3. The average molecular weight is 236 g/mol. The van der Waals surface area contributed by atoms with Crippen molar-refractivity contribution in [3.63, 3.8) is 0 Å². The van der Waals surface area contributed by atoms with Gasteiger partial charge in [0, 0.05) is 18.3 Å². The van der Waals surface area contributed by atoms with Gasteiger partial charge in [-0.3, -0.25) is 4.79 Å². The molecular formula is C13H20N2O2. The van der Waals surface area contributed by atoms with E-state index in [1.807, 2.05) is 0 Å². The van der Waals surface area contributed by atoms with Gasteiger partial charge in [-0.25, -0.2) is 4.98 Å². The summed E-state index contributed by atoms with van der Waals surface area (Å²) in [5.74, 6) is 1.31. The van der Waals surface area contributed by atoms with Gasteiger partial charge in [0.15, 0.2) is 0 Å². The standard InChI is InChI=1S/C13H20N2O2/c1-10-2-4-11(5-3-10)13(17-9-16)6-12-7-14-8-15-12/h7-11,13H,2-6H2,1H3,(H,14,15). The summed E-state index contributed by atoms with van der Waals surface area (Å²) in [5.41, 5.74) is 1.04. The van der Waals surface area contributed by atoms with E-state index in [1.54, 1.807) is 12.5 Å². The van der Waals surface area contributed by atoms with Crippen molar-refractivity contribution in [1.82, 2.24) is 9.97 Å². The second-order valence-corrected chi connectivity index (χ2v) is 5.07. The summed E-state index contributed by atoms with van der Waals surface area (Å²) in [4.78, 5) is 17.7. The van der Waals surface area contributed by atoms with Crippen molar-refractivity contribution in [3.8, 4) is 0 Å². The van der Waals surface area contributed by atoms with Crippen LogP contribution in [0.5, 0.6) is 0 Å². The number of imidazole rings is 1. The van der Waals surface area contributed by atoms with E-state index in [2.05, 4.69) is 16.9 Å². The highest BCUT2D eigenvalue weighted by atomic mass is 16.5. The molecule has 1 aromatic rings. The smallest absolute Gasteiger partial charge is 0.293 e. The van der Waals surface area contributed by atoms with E-state index in [0.717, 1.165) is 30.9 Å². The number of carbonyl (C=O) groups excluding carboxylic acids is 1. The molecule has 1 atom stereocenters. The van der Waals surface area contributed by atoms with Gasteiger partial charge in [0.25, 0.3) is 6.47 Å². The maximum Gasteiger partial charge on any atom is 0.293 e. The molecule has 4 heteroatoms. The van der Waals surface area contributed by atoms with Gasteiger partial charge >= 0.3 is 0 Å². The molecule has 0 amide bonds. The van der Waals surface area contributed by atoms with Crippen LogP contribution < -0.4 is 0 Å². The van der Waals surface area contributed by atoms with E-state index in [0.29, 0.717) is 12.4 Å². The van der Waals surface area contributed by atoms with E-state index in [4.69, 9.17) is 4.74 Å². The highest BCUT2D eigenvalue weighted by molar-refractivity contribution is 5.37. The number of ether oxygens (including phenoxy) is 1. The van der Waals surface area contributed by atoms with Gasteiger partial charge in [0.05, 0.1) is 6.33 Å². The van der Waals surface area contributed by atoms with Crippen LogP contribution in [-0.4, -0.2) is 22.5 Å². The predicted molar refractivity (Wildman–Crippen MR) is 64.4 cm³/mol. The number of aromatic nitrogens is 2. The van der Waals surface area contributed by atoms with Gasteiger partial charge in [-0.05, 0) is 24.7 Å². The largest absolute Gasteiger partial charge is 0.464 e. The normalized spacial score (nSPS) is 26.4. The van der Waals surface area contributed by atoms with E-state index < -0.39 is 0 Å². The third-order valence-corrected chi connectivity index (χ3v) is 3.79. The number of aromatic amines is 1. The fraction of sp³-hybridized carbons (Fsp3) is 0.692. The molecule has 0 radical (unpaired) electrons. The second kappa shape index (κ2) is 5.84. The predicted octanol–water partition coefficient (Wildman–Crippen LogP) is 2.32. The molecule has 17 heavy (non-hydrogen) atoms. The molecule has 1 saturated carbocycles. The maximum absolute atomic E-state index is 10.6. The fourth-order valence-electron chi connectivity index (χ4n) is 2.67. The Kier molecular flexibility index (Phi) is 4.18. The molecule has 0 aliphatic heterocycles. The monoisotopic (exact) mass is 236 g/mol. The molecule has 1 aliphatic rings. The van der Waals surface area contributed by atoms with Crippen LogP contribution in [-0.2, 0) is 16.0 Å². The Morgan fingerprint density at radius 2 is 2.29 bits per heavy atom. The number of rotatable bonds is 5. The first-order valence-corrected chi connectivity index (χ1v) is 6.36. The summed E-state index contributed by atoms with van der Waals surface area (Å²) in [6.07, 6.45) is 9.02. The van der Waals surface area contributed by atoms with Crippen LogP contribution in [0.4, 0.5) is 0 Å². The Labute approximate surface area is 102 Å². The lowest BCUT2D eigenvalue weighted by Gasteiger charge is -2.31. The molecular weight excluding hydrogens is 216 g/mol. The highest BCUT2D eigenvalue weighted by Crippen LogP contribution is 2.32. The zero-order valence-corrected chi connectivity index (χ0v) is 10.3. The number of nitrogens with one attached hydrogen (secondary N) is 1. The Hall–Kier alpha value is -1.32. The van der Waals surface area contributed by atoms with Crippen molar-refractivity contribution in [2.75, 3.05) is 0 Å². The van der Waals surface area contributed by atoms with Crippen LogP contribution >= 0.6 is 0 Å². The van der Waals surface area contributed by atoms with Gasteiger partial charge in [-0.2, -0.15) is 0 Å². The highest BCUT2D eigenvalue weighted by Gasteiger charge is 2.27. The Morgan fingerprint density at radius 1 is 1.53 bits per heavy atom. The number of carbonyl (C=O) groups is 1. The number of H-pyrrole nitrogens is 1. The first kappa shape index (κ1) is 12.1. The van der Waals surface area contributed by atoms with Gasteiger partial charge in [0.2, 0.25) is 0 Å². The summed E-state index contributed by atoms with van der Waals surface area (Å²) < 4.78 is 5.26. The molecule has 0 saturated heterocycles. The first-order valence-electron chi connectivity index (χ1n) is 6.36. The second-order valence-electron chi connectivity index (χ2n) is 5.07. The summed E-state index contributed by atoms with van der Waals surface area (Å²) in [6, 6.07) is 0. The molecule has 94 valence electrons. The number of nitrogens with zero attached hydrogens (tertiary/aromatic N) is 1. The van der Waals surface area contributed by atoms with Crippen molar-refractivity contribution in [3.05, 3.63) is 18.2 Å². The average Bonchev–Trinajstić information content (AvgIpc) is 2.82. The van der Waals surface area contributed by atoms with Crippen LogP contribution in [0, 0.1) is 11.8 Å². The van der Waals surface area contributed by atoms with E-state index in [9.17, 15) is 4.79 Å². The Morgan fingerprint density at radius 3 is 2.88 bits per heavy atom. The lowest BCUT2D eigenvalue weighted by Crippen LogP contribution is -2.29. The SMILES string of the molecule is CC1CCC(C(Cc2cnc[nH]2)OC=O)CC1. The first-order chi connectivity index (χ1) is 8.29.